The second-order valence-electron chi connectivity index (χ2n) is 3.90. The third kappa shape index (κ3) is 2.96. The molecule has 1 amide bonds. The fourth-order valence-corrected chi connectivity index (χ4v) is 2.18. The Morgan fingerprint density at radius 3 is 2.60 bits per heavy atom. The molecule has 1 N–H and O–H groups in total. The maximum absolute atomic E-state index is 13.7. The number of methoxy groups -OCH3 is 1. The molecule has 0 saturated carbocycles. The Balaban J connectivity index is 2.33. The zero-order valence-corrected chi connectivity index (χ0v) is 12.0. The van der Waals surface area contributed by atoms with Crippen LogP contribution >= 0.6 is 15.9 Å². The zero-order valence-electron chi connectivity index (χ0n) is 10.4. The average Bonchev–Trinajstić information content (AvgIpc) is 2.42. The Bertz CT molecular complexity index is 638. The predicted molar refractivity (Wildman–Crippen MR) is 75.0 cm³/mol. The first-order valence-corrected chi connectivity index (χ1v) is 6.41. The number of amides is 1. The van der Waals surface area contributed by atoms with Crippen molar-refractivity contribution in [3.63, 3.8) is 0 Å². The molecule has 2 aromatic carbocycles. The van der Waals surface area contributed by atoms with Crippen molar-refractivity contribution < 1.29 is 18.3 Å². The average molecular weight is 342 g/mol. The van der Waals surface area contributed by atoms with E-state index in [0.29, 0.717) is 11.8 Å². The summed E-state index contributed by atoms with van der Waals surface area (Å²) in [4.78, 5) is 12.1. The lowest BCUT2D eigenvalue weighted by molar-refractivity contribution is 0.102. The molecule has 0 aliphatic heterocycles. The third-order valence-electron chi connectivity index (χ3n) is 2.60. The molecule has 0 aliphatic carbocycles. The van der Waals surface area contributed by atoms with Crippen molar-refractivity contribution in [2.45, 2.75) is 0 Å². The standard InChI is InChI=1S/C14H10BrF2NO2/c1-20-12-5-3-2-4-9(12)14(19)18-13-10(15)6-8(16)7-11(13)17/h2-7H,1H3,(H,18,19). The Morgan fingerprint density at radius 1 is 1.25 bits per heavy atom. The van der Waals surface area contributed by atoms with Crippen LogP contribution in [0.25, 0.3) is 0 Å². The minimum atomic E-state index is -0.861. The van der Waals surface area contributed by atoms with E-state index in [1.165, 1.54) is 7.11 Å². The van der Waals surface area contributed by atoms with Crippen LogP contribution < -0.4 is 10.1 Å². The molecule has 0 heterocycles. The zero-order chi connectivity index (χ0) is 14.7. The SMILES string of the molecule is COc1ccccc1C(=O)Nc1c(F)cc(F)cc1Br. The summed E-state index contributed by atoms with van der Waals surface area (Å²) in [5.41, 5.74) is 0.132. The molecule has 0 spiro atoms. The predicted octanol–water partition coefficient (Wildman–Crippen LogP) is 3.99. The smallest absolute Gasteiger partial charge is 0.259 e. The summed E-state index contributed by atoms with van der Waals surface area (Å²) in [5.74, 6) is -1.78. The molecule has 2 aromatic rings. The summed E-state index contributed by atoms with van der Waals surface area (Å²) < 4.78 is 31.8. The van der Waals surface area contributed by atoms with Crippen LogP contribution in [-0.2, 0) is 0 Å². The number of carbonyl (C=O) groups excluding carboxylic acids is 1. The topological polar surface area (TPSA) is 38.3 Å². The number of nitrogens with one attached hydrogen (secondary N) is 1. The van der Waals surface area contributed by atoms with Crippen LogP contribution in [-0.4, -0.2) is 13.0 Å². The molecule has 3 nitrogen and oxygen atoms in total. The van der Waals surface area contributed by atoms with Crippen LogP contribution in [0.3, 0.4) is 0 Å². The van der Waals surface area contributed by atoms with Gasteiger partial charge in [0.2, 0.25) is 0 Å². The van der Waals surface area contributed by atoms with E-state index in [9.17, 15) is 13.6 Å². The van der Waals surface area contributed by atoms with Gasteiger partial charge in [0, 0.05) is 10.5 Å². The molecule has 2 rings (SSSR count). The highest BCUT2D eigenvalue weighted by Gasteiger charge is 2.16. The Hall–Kier alpha value is -1.95. The third-order valence-corrected chi connectivity index (χ3v) is 3.22. The van der Waals surface area contributed by atoms with Crippen molar-refractivity contribution in [1.29, 1.82) is 0 Å². The van der Waals surface area contributed by atoms with Gasteiger partial charge in [-0.2, -0.15) is 0 Å². The molecular weight excluding hydrogens is 332 g/mol. The molecule has 0 atom stereocenters. The van der Waals surface area contributed by atoms with Crippen LogP contribution in [0.4, 0.5) is 14.5 Å². The van der Waals surface area contributed by atoms with Crippen LogP contribution in [0.15, 0.2) is 40.9 Å². The van der Waals surface area contributed by atoms with Gasteiger partial charge in [0.05, 0.1) is 18.4 Å². The van der Waals surface area contributed by atoms with Crippen molar-refractivity contribution >= 4 is 27.5 Å². The fourth-order valence-electron chi connectivity index (χ4n) is 1.67. The molecule has 0 radical (unpaired) electrons. The first kappa shape index (κ1) is 14.5. The lowest BCUT2D eigenvalue weighted by atomic mass is 10.2. The van der Waals surface area contributed by atoms with E-state index in [4.69, 9.17) is 4.74 Å². The molecule has 6 heteroatoms. The van der Waals surface area contributed by atoms with Crippen molar-refractivity contribution in [2.24, 2.45) is 0 Å². The van der Waals surface area contributed by atoms with Gasteiger partial charge in [-0.3, -0.25) is 4.79 Å². The summed E-state index contributed by atoms with van der Waals surface area (Å²) in [6.45, 7) is 0. The second-order valence-corrected chi connectivity index (χ2v) is 4.75. The van der Waals surface area contributed by atoms with Gasteiger partial charge >= 0.3 is 0 Å². The first-order chi connectivity index (χ1) is 9.52. The molecule has 0 aliphatic rings. The Labute approximate surface area is 122 Å². The number of hydrogen-bond acceptors (Lipinski definition) is 2. The Morgan fingerprint density at radius 2 is 1.95 bits per heavy atom. The summed E-state index contributed by atoms with van der Waals surface area (Å²) in [7, 11) is 1.43. The molecule has 0 bridgehead atoms. The molecule has 20 heavy (non-hydrogen) atoms. The molecule has 0 aromatic heterocycles. The number of ether oxygens (including phenoxy) is 1. The summed E-state index contributed by atoms with van der Waals surface area (Å²) in [5, 5.41) is 2.39. The van der Waals surface area contributed by atoms with Crippen LogP contribution in [0.1, 0.15) is 10.4 Å². The van der Waals surface area contributed by atoms with E-state index < -0.39 is 17.5 Å². The van der Waals surface area contributed by atoms with Gasteiger partial charge in [-0.05, 0) is 34.1 Å². The summed E-state index contributed by atoms with van der Waals surface area (Å²) >= 11 is 3.01. The van der Waals surface area contributed by atoms with Gasteiger partial charge < -0.3 is 10.1 Å². The molecule has 0 fully saturated rings. The summed E-state index contributed by atoms with van der Waals surface area (Å²) in [6, 6.07) is 8.30. The van der Waals surface area contributed by atoms with E-state index in [-0.39, 0.29) is 15.7 Å². The Kier molecular flexibility index (Phi) is 4.34. The van der Waals surface area contributed by atoms with E-state index in [1.807, 2.05) is 0 Å². The minimum absolute atomic E-state index is 0.123. The van der Waals surface area contributed by atoms with Gasteiger partial charge in [0.1, 0.15) is 11.6 Å². The maximum atomic E-state index is 13.7. The number of benzene rings is 2. The number of anilines is 1. The lowest BCUT2D eigenvalue weighted by Gasteiger charge is -2.11. The number of hydrogen-bond donors (Lipinski definition) is 1. The maximum Gasteiger partial charge on any atom is 0.259 e. The highest BCUT2D eigenvalue weighted by Crippen LogP contribution is 2.28. The number of carbonyl (C=O) groups is 1. The van der Waals surface area contributed by atoms with E-state index in [0.717, 1.165) is 6.07 Å². The van der Waals surface area contributed by atoms with Gasteiger partial charge in [0.25, 0.3) is 5.91 Å². The molecule has 104 valence electrons. The number of para-hydroxylation sites is 1. The van der Waals surface area contributed by atoms with Crippen molar-refractivity contribution in [3.05, 3.63) is 58.1 Å². The second kappa shape index (κ2) is 6.00. The van der Waals surface area contributed by atoms with Crippen LogP contribution in [0.2, 0.25) is 0 Å². The van der Waals surface area contributed by atoms with E-state index in [2.05, 4.69) is 21.2 Å². The van der Waals surface area contributed by atoms with Crippen molar-refractivity contribution in [3.8, 4) is 5.75 Å². The van der Waals surface area contributed by atoms with Gasteiger partial charge in [-0.25, -0.2) is 8.78 Å². The first-order valence-electron chi connectivity index (χ1n) is 5.62. The monoisotopic (exact) mass is 341 g/mol. The highest BCUT2D eigenvalue weighted by molar-refractivity contribution is 9.10. The van der Waals surface area contributed by atoms with Crippen LogP contribution in [0.5, 0.6) is 5.75 Å². The number of halogens is 3. The number of rotatable bonds is 3. The van der Waals surface area contributed by atoms with Gasteiger partial charge in [-0.15, -0.1) is 0 Å². The van der Waals surface area contributed by atoms with Crippen molar-refractivity contribution in [1.82, 2.24) is 0 Å². The normalized spacial score (nSPS) is 10.2. The van der Waals surface area contributed by atoms with Gasteiger partial charge in [-0.1, -0.05) is 12.1 Å². The van der Waals surface area contributed by atoms with Crippen LogP contribution in [0, 0.1) is 11.6 Å². The minimum Gasteiger partial charge on any atom is -0.496 e. The fraction of sp³-hybridized carbons (Fsp3) is 0.0714. The largest absolute Gasteiger partial charge is 0.496 e. The van der Waals surface area contributed by atoms with Crippen molar-refractivity contribution in [2.75, 3.05) is 12.4 Å². The molecule has 0 saturated heterocycles. The molecular formula is C14H10BrF2NO2. The van der Waals surface area contributed by atoms with E-state index >= 15 is 0 Å². The summed E-state index contributed by atoms with van der Waals surface area (Å²) in [6.07, 6.45) is 0. The quantitative estimate of drug-likeness (QED) is 0.916. The van der Waals surface area contributed by atoms with E-state index in [1.54, 1.807) is 24.3 Å². The highest BCUT2D eigenvalue weighted by atomic mass is 79.9. The van der Waals surface area contributed by atoms with Gasteiger partial charge in [0.15, 0.2) is 5.82 Å². The molecule has 0 unspecified atom stereocenters. The lowest BCUT2D eigenvalue weighted by Crippen LogP contribution is -2.14.